The molecule has 0 unspecified atom stereocenters. The number of para-hydroxylation sites is 1. The van der Waals surface area contributed by atoms with Gasteiger partial charge in [0.1, 0.15) is 0 Å². The van der Waals surface area contributed by atoms with Crippen molar-refractivity contribution in [2.45, 2.75) is 6.92 Å². The van der Waals surface area contributed by atoms with Crippen molar-refractivity contribution in [2.24, 2.45) is 7.05 Å². The van der Waals surface area contributed by atoms with Crippen LogP contribution in [0.3, 0.4) is 0 Å². The number of pyridine rings is 2. The van der Waals surface area contributed by atoms with Crippen LogP contribution in [-0.4, -0.2) is 56.7 Å². The maximum absolute atomic E-state index is 13.6. The number of carbonyl (C=O) groups is 1. The first-order chi connectivity index (χ1) is 15.1. The van der Waals surface area contributed by atoms with Gasteiger partial charge in [0, 0.05) is 56.6 Å². The summed E-state index contributed by atoms with van der Waals surface area (Å²) >= 11 is 0. The molecule has 1 aliphatic rings. The summed E-state index contributed by atoms with van der Waals surface area (Å²) in [7, 11) is 1.88. The molecule has 0 radical (unpaired) electrons. The van der Waals surface area contributed by atoms with E-state index in [9.17, 15) is 4.79 Å². The monoisotopic (exact) mass is 412 g/mol. The maximum Gasteiger partial charge on any atom is 0.254 e. The quantitative estimate of drug-likeness (QED) is 0.517. The van der Waals surface area contributed by atoms with Gasteiger partial charge in [0.2, 0.25) is 0 Å². The Labute approximate surface area is 181 Å². The molecule has 156 valence electrons. The number of benzene rings is 1. The topological polar surface area (TPSA) is 67.2 Å². The maximum atomic E-state index is 13.6. The first-order valence-electron chi connectivity index (χ1n) is 10.4. The van der Waals surface area contributed by atoms with Crippen LogP contribution < -0.4 is 4.90 Å². The second kappa shape index (κ2) is 7.83. The molecule has 0 spiro atoms. The lowest BCUT2D eigenvalue weighted by molar-refractivity contribution is 0.0748. The van der Waals surface area contributed by atoms with Gasteiger partial charge in [0.25, 0.3) is 5.91 Å². The SMILES string of the molecule is Cc1cccc2c(C(=O)N3CCN(c4cccnc4)CC3)cc(-c3cnn(C)c3)nc12. The Morgan fingerprint density at radius 1 is 1.03 bits per heavy atom. The van der Waals surface area contributed by atoms with Crippen LogP contribution in [0.15, 0.2) is 61.2 Å². The standard InChI is InChI=1S/C24H24N6O/c1-17-5-3-7-20-21(13-22(27-23(17)20)18-14-26-28(2)16-18)24(31)30-11-9-29(10-12-30)19-6-4-8-25-15-19/h3-8,13-16H,9-12H2,1-2H3. The van der Waals surface area contributed by atoms with Crippen molar-refractivity contribution in [1.29, 1.82) is 0 Å². The molecular weight excluding hydrogens is 388 g/mol. The highest BCUT2D eigenvalue weighted by atomic mass is 16.2. The minimum absolute atomic E-state index is 0.0500. The third kappa shape index (κ3) is 3.63. The summed E-state index contributed by atoms with van der Waals surface area (Å²) in [6.07, 6.45) is 7.36. The number of amides is 1. The number of aromatic nitrogens is 4. The first-order valence-corrected chi connectivity index (χ1v) is 10.4. The zero-order valence-electron chi connectivity index (χ0n) is 17.7. The van der Waals surface area contributed by atoms with E-state index in [1.165, 1.54) is 0 Å². The summed E-state index contributed by atoms with van der Waals surface area (Å²) in [6, 6.07) is 11.9. The summed E-state index contributed by atoms with van der Waals surface area (Å²) in [4.78, 5) is 26.9. The predicted octanol–water partition coefficient (Wildman–Crippen LogP) is 3.30. The molecule has 4 aromatic rings. The fourth-order valence-electron chi connectivity index (χ4n) is 4.15. The fraction of sp³-hybridized carbons (Fsp3) is 0.250. The molecule has 0 bridgehead atoms. The molecule has 1 aliphatic heterocycles. The largest absolute Gasteiger partial charge is 0.367 e. The van der Waals surface area contributed by atoms with Crippen molar-refractivity contribution in [3.8, 4) is 11.3 Å². The average molecular weight is 412 g/mol. The smallest absolute Gasteiger partial charge is 0.254 e. The Morgan fingerprint density at radius 3 is 2.58 bits per heavy atom. The van der Waals surface area contributed by atoms with E-state index < -0.39 is 0 Å². The lowest BCUT2D eigenvalue weighted by Crippen LogP contribution is -2.48. The summed E-state index contributed by atoms with van der Waals surface area (Å²) < 4.78 is 1.75. The minimum atomic E-state index is 0.0500. The number of aryl methyl sites for hydroxylation is 2. The van der Waals surface area contributed by atoms with E-state index in [0.717, 1.165) is 46.5 Å². The molecule has 0 N–H and O–H groups in total. The third-order valence-corrected chi connectivity index (χ3v) is 5.85. The second-order valence-electron chi connectivity index (χ2n) is 7.92. The molecule has 0 saturated carbocycles. The van der Waals surface area contributed by atoms with Crippen LogP contribution in [0.2, 0.25) is 0 Å². The number of carbonyl (C=O) groups excluding carboxylic acids is 1. The molecule has 1 saturated heterocycles. The lowest BCUT2D eigenvalue weighted by Gasteiger charge is -2.36. The van der Waals surface area contributed by atoms with Crippen molar-refractivity contribution >= 4 is 22.5 Å². The molecule has 7 nitrogen and oxygen atoms in total. The van der Waals surface area contributed by atoms with Crippen LogP contribution >= 0.6 is 0 Å². The fourth-order valence-corrected chi connectivity index (χ4v) is 4.15. The molecule has 0 aliphatic carbocycles. The number of fused-ring (bicyclic) bond motifs is 1. The van der Waals surface area contributed by atoms with Crippen LogP contribution in [0.4, 0.5) is 5.69 Å². The molecule has 5 rings (SSSR count). The molecule has 31 heavy (non-hydrogen) atoms. The van der Waals surface area contributed by atoms with Gasteiger partial charge in [-0.1, -0.05) is 18.2 Å². The molecule has 1 aromatic carbocycles. The molecule has 0 atom stereocenters. The number of nitrogens with zero attached hydrogens (tertiary/aromatic N) is 6. The first kappa shape index (κ1) is 19.2. The third-order valence-electron chi connectivity index (χ3n) is 5.85. The van der Waals surface area contributed by atoms with Gasteiger partial charge in [0.15, 0.2) is 0 Å². The molecule has 7 heteroatoms. The number of hydrogen-bond acceptors (Lipinski definition) is 5. The Hall–Kier alpha value is -3.74. The average Bonchev–Trinajstić information content (AvgIpc) is 3.25. The van der Waals surface area contributed by atoms with Crippen molar-refractivity contribution < 1.29 is 4.79 Å². The van der Waals surface area contributed by atoms with Gasteiger partial charge < -0.3 is 9.80 Å². The Kier molecular flexibility index (Phi) is 4.86. The van der Waals surface area contributed by atoms with E-state index in [0.29, 0.717) is 18.7 Å². The Bertz CT molecular complexity index is 1240. The van der Waals surface area contributed by atoms with Gasteiger partial charge in [-0.05, 0) is 30.7 Å². The molecular formula is C24H24N6O. The van der Waals surface area contributed by atoms with E-state index in [4.69, 9.17) is 4.98 Å². The van der Waals surface area contributed by atoms with Gasteiger partial charge in [0.05, 0.1) is 34.9 Å². The van der Waals surface area contributed by atoms with Crippen LogP contribution in [-0.2, 0) is 7.05 Å². The zero-order chi connectivity index (χ0) is 21.4. The number of piperazine rings is 1. The van der Waals surface area contributed by atoms with Gasteiger partial charge >= 0.3 is 0 Å². The van der Waals surface area contributed by atoms with E-state index in [1.54, 1.807) is 17.1 Å². The minimum Gasteiger partial charge on any atom is -0.367 e. The Balaban J connectivity index is 1.48. The highest BCUT2D eigenvalue weighted by Crippen LogP contribution is 2.28. The number of anilines is 1. The highest BCUT2D eigenvalue weighted by Gasteiger charge is 2.25. The van der Waals surface area contributed by atoms with Crippen molar-refractivity contribution in [1.82, 2.24) is 24.6 Å². The number of hydrogen-bond donors (Lipinski definition) is 0. The second-order valence-corrected chi connectivity index (χ2v) is 7.92. The van der Waals surface area contributed by atoms with Crippen molar-refractivity contribution in [3.63, 3.8) is 0 Å². The van der Waals surface area contributed by atoms with Crippen LogP contribution in [0.5, 0.6) is 0 Å². The van der Waals surface area contributed by atoms with Gasteiger partial charge in [-0.3, -0.25) is 14.5 Å². The van der Waals surface area contributed by atoms with Crippen LogP contribution in [0.25, 0.3) is 22.2 Å². The van der Waals surface area contributed by atoms with Crippen molar-refractivity contribution in [2.75, 3.05) is 31.1 Å². The zero-order valence-corrected chi connectivity index (χ0v) is 17.7. The summed E-state index contributed by atoms with van der Waals surface area (Å²) in [5.41, 5.74) is 5.39. The highest BCUT2D eigenvalue weighted by molar-refractivity contribution is 6.07. The van der Waals surface area contributed by atoms with E-state index in [1.807, 2.05) is 61.6 Å². The predicted molar refractivity (Wildman–Crippen MR) is 121 cm³/mol. The summed E-state index contributed by atoms with van der Waals surface area (Å²) in [5.74, 6) is 0.0500. The molecule has 1 fully saturated rings. The van der Waals surface area contributed by atoms with E-state index in [2.05, 4.69) is 21.0 Å². The van der Waals surface area contributed by atoms with Gasteiger partial charge in [-0.25, -0.2) is 4.98 Å². The molecule has 1 amide bonds. The van der Waals surface area contributed by atoms with Crippen LogP contribution in [0.1, 0.15) is 15.9 Å². The number of rotatable bonds is 3. The van der Waals surface area contributed by atoms with Crippen LogP contribution in [0, 0.1) is 6.92 Å². The summed E-state index contributed by atoms with van der Waals surface area (Å²) in [5, 5.41) is 5.16. The van der Waals surface area contributed by atoms with E-state index >= 15 is 0 Å². The van der Waals surface area contributed by atoms with Crippen molar-refractivity contribution in [3.05, 3.63) is 72.3 Å². The normalized spacial score (nSPS) is 14.3. The lowest BCUT2D eigenvalue weighted by atomic mass is 10.0. The molecule has 4 heterocycles. The van der Waals surface area contributed by atoms with Gasteiger partial charge in [-0.2, -0.15) is 5.10 Å². The van der Waals surface area contributed by atoms with Gasteiger partial charge in [-0.15, -0.1) is 0 Å². The Morgan fingerprint density at radius 2 is 1.87 bits per heavy atom. The summed E-state index contributed by atoms with van der Waals surface area (Å²) in [6.45, 7) is 4.95. The molecule has 3 aromatic heterocycles. The van der Waals surface area contributed by atoms with E-state index in [-0.39, 0.29) is 5.91 Å².